The van der Waals surface area contributed by atoms with Crippen molar-refractivity contribution in [2.75, 3.05) is 0 Å². The lowest BCUT2D eigenvalue weighted by Gasteiger charge is -2.16. The van der Waals surface area contributed by atoms with Gasteiger partial charge in [0.05, 0.1) is 0 Å². The molecule has 0 radical (unpaired) electrons. The topological polar surface area (TPSA) is 38.0 Å². The summed E-state index contributed by atoms with van der Waals surface area (Å²) < 4.78 is 0. The number of aryl methyl sites for hydroxylation is 2. The molecule has 0 heterocycles. The molecule has 2 rings (SSSR count). The average molecular weight is 218 g/mol. The zero-order chi connectivity index (χ0) is 11.5. The molecule has 0 amide bonds. The molecule has 1 unspecified atom stereocenters. The molecule has 1 aromatic carbocycles. The number of nitrogens with one attached hydrogen (secondary N) is 1. The zero-order valence-electron chi connectivity index (χ0n) is 10.3. The van der Waals surface area contributed by atoms with Crippen LogP contribution in [0.4, 0.5) is 0 Å². The van der Waals surface area contributed by atoms with Crippen LogP contribution >= 0.6 is 0 Å². The number of hydrogen-bond donors (Lipinski definition) is 2. The highest BCUT2D eigenvalue weighted by molar-refractivity contribution is 5.29. The van der Waals surface area contributed by atoms with Gasteiger partial charge in [-0.2, -0.15) is 0 Å². The van der Waals surface area contributed by atoms with Gasteiger partial charge >= 0.3 is 0 Å². The van der Waals surface area contributed by atoms with Gasteiger partial charge in [0.2, 0.25) is 0 Å². The van der Waals surface area contributed by atoms with Crippen molar-refractivity contribution < 1.29 is 0 Å². The molecule has 2 nitrogen and oxygen atoms in total. The number of hydrogen-bond acceptors (Lipinski definition) is 2. The van der Waals surface area contributed by atoms with E-state index in [4.69, 9.17) is 5.84 Å². The Morgan fingerprint density at radius 1 is 1.25 bits per heavy atom. The lowest BCUT2D eigenvalue weighted by atomic mass is 9.98. The maximum absolute atomic E-state index is 5.62. The molecular weight excluding hydrogens is 196 g/mol. The van der Waals surface area contributed by atoms with Crippen LogP contribution in [0.25, 0.3) is 0 Å². The van der Waals surface area contributed by atoms with Gasteiger partial charge in [-0.25, -0.2) is 0 Å². The predicted octanol–water partition coefficient (Wildman–Crippen LogP) is 2.48. The van der Waals surface area contributed by atoms with E-state index in [-0.39, 0.29) is 0 Å². The monoisotopic (exact) mass is 218 g/mol. The van der Waals surface area contributed by atoms with E-state index in [1.807, 2.05) is 0 Å². The minimum Gasteiger partial charge on any atom is -0.271 e. The van der Waals surface area contributed by atoms with E-state index in [2.05, 4.69) is 37.5 Å². The van der Waals surface area contributed by atoms with Crippen LogP contribution < -0.4 is 11.3 Å². The van der Waals surface area contributed by atoms with Gasteiger partial charge in [0.25, 0.3) is 0 Å². The molecule has 0 aromatic heterocycles. The Morgan fingerprint density at radius 2 is 1.88 bits per heavy atom. The molecule has 1 aliphatic rings. The van der Waals surface area contributed by atoms with Gasteiger partial charge in [0, 0.05) is 6.04 Å². The third-order valence-electron chi connectivity index (χ3n) is 3.31. The smallest absolute Gasteiger partial charge is 0.0253 e. The number of benzene rings is 1. The second-order valence-electron chi connectivity index (χ2n) is 5.24. The third-order valence-corrected chi connectivity index (χ3v) is 3.31. The Labute approximate surface area is 98.2 Å². The fourth-order valence-corrected chi connectivity index (χ4v) is 2.44. The Balaban J connectivity index is 1.99. The number of nitrogens with two attached hydrogens (primary N) is 1. The summed E-state index contributed by atoms with van der Waals surface area (Å²) in [5, 5.41) is 0. The van der Waals surface area contributed by atoms with Gasteiger partial charge in [-0.15, -0.1) is 0 Å². The molecule has 3 N–H and O–H groups in total. The van der Waals surface area contributed by atoms with Crippen molar-refractivity contribution in [3.63, 3.8) is 0 Å². The van der Waals surface area contributed by atoms with Crippen LogP contribution in [0.15, 0.2) is 18.2 Å². The molecule has 88 valence electrons. The third kappa shape index (κ3) is 3.32. The van der Waals surface area contributed by atoms with E-state index in [1.54, 1.807) is 0 Å². The number of rotatable bonds is 5. The summed E-state index contributed by atoms with van der Waals surface area (Å²) in [6, 6.07) is 7.19. The summed E-state index contributed by atoms with van der Waals surface area (Å²) in [7, 11) is 0. The fraction of sp³-hybridized carbons (Fsp3) is 0.571. The molecule has 1 atom stereocenters. The van der Waals surface area contributed by atoms with Crippen LogP contribution in [-0.2, 0) is 6.42 Å². The van der Waals surface area contributed by atoms with E-state index in [0.717, 1.165) is 12.3 Å². The van der Waals surface area contributed by atoms with Crippen LogP contribution in [-0.4, -0.2) is 6.04 Å². The van der Waals surface area contributed by atoms with Crippen molar-refractivity contribution in [1.82, 2.24) is 5.43 Å². The standard InChI is InChI=1S/C14H22N2/c1-10-5-11(2)7-13(6-10)9-14(16-15)8-12-3-4-12/h5-7,12,14,16H,3-4,8-9,15H2,1-2H3. The Bertz CT molecular complexity index is 336. The van der Waals surface area contributed by atoms with E-state index in [0.29, 0.717) is 6.04 Å². The van der Waals surface area contributed by atoms with Crippen molar-refractivity contribution in [2.24, 2.45) is 11.8 Å². The summed E-state index contributed by atoms with van der Waals surface area (Å²) >= 11 is 0. The van der Waals surface area contributed by atoms with Crippen LogP contribution in [0, 0.1) is 19.8 Å². The molecular formula is C14H22N2. The maximum atomic E-state index is 5.62. The van der Waals surface area contributed by atoms with Crippen LogP contribution in [0.5, 0.6) is 0 Å². The minimum absolute atomic E-state index is 0.439. The first-order valence-electron chi connectivity index (χ1n) is 6.20. The summed E-state index contributed by atoms with van der Waals surface area (Å²) in [6.07, 6.45) is 5.06. The predicted molar refractivity (Wildman–Crippen MR) is 68.1 cm³/mol. The van der Waals surface area contributed by atoms with Crippen LogP contribution in [0.1, 0.15) is 36.0 Å². The van der Waals surface area contributed by atoms with Crippen LogP contribution in [0.3, 0.4) is 0 Å². The van der Waals surface area contributed by atoms with Crippen molar-refractivity contribution >= 4 is 0 Å². The molecule has 0 saturated heterocycles. The zero-order valence-corrected chi connectivity index (χ0v) is 10.3. The molecule has 1 saturated carbocycles. The van der Waals surface area contributed by atoms with Gasteiger partial charge in [0.1, 0.15) is 0 Å². The minimum atomic E-state index is 0.439. The molecule has 1 fully saturated rings. The summed E-state index contributed by atoms with van der Waals surface area (Å²) in [5.41, 5.74) is 7.05. The highest BCUT2D eigenvalue weighted by atomic mass is 15.2. The second-order valence-corrected chi connectivity index (χ2v) is 5.24. The first-order chi connectivity index (χ1) is 7.67. The molecule has 0 spiro atoms. The molecule has 1 aliphatic carbocycles. The van der Waals surface area contributed by atoms with E-state index >= 15 is 0 Å². The first-order valence-corrected chi connectivity index (χ1v) is 6.20. The fourth-order valence-electron chi connectivity index (χ4n) is 2.44. The van der Waals surface area contributed by atoms with Crippen LogP contribution in [0.2, 0.25) is 0 Å². The highest BCUT2D eigenvalue weighted by Crippen LogP contribution is 2.34. The summed E-state index contributed by atoms with van der Waals surface area (Å²) in [6.45, 7) is 4.31. The van der Waals surface area contributed by atoms with Gasteiger partial charge in [0.15, 0.2) is 0 Å². The molecule has 0 bridgehead atoms. The first kappa shape index (κ1) is 11.6. The van der Waals surface area contributed by atoms with Gasteiger partial charge in [-0.3, -0.25) is 11.3 Å². The Kier molecular flexibility index (Phi) is 3.62. The summed E-state index contributed by atoms with van der Waals surface area (Å²) in [4.78, 5) is 0. The molecule has 1 aromatic rings. The van der Waals surface area contributed by atoms with Crippen molar-refractivity contribution in [3.8, 4) is 0 Å². The lowest BCUT2D eigenvalue weighted by Crippen LogP contribution is -2.37. The Morgan fingerprint density at radius 3 is 2.38 bits per heavy atom. The maximum Gasteiger partial charge on any atom is 0.0253 e. The van der Waals surface area contributed by atoms with Gasteiger partial charge in [-0.1, -0.05) is 42.2 Å². The lowest BCUT2D eigenvalue weighted by molar-refractivity contribution is 0.466. The van der Waals surface area contributed by atoms with Crippen molar-refractivity contribution in [3.05, 3.63) is 34.9 Å². The normalized spacial score (nSPS) is 17.4. The molecule has 2 heteroatoms. The quantitative estimate of drug-likeness (QED) is 0.588. The molecule has 0 aliphatic heterocycles. The summed E-state index contributed by atoms with van der Waals surface area (Å²) in [5.74, 6) is 6.55. The largest absolute Gasteiger partial charge is 0.271 e. The van der Waals surface area contributed by atoms with E-state index in [1.165, 1.54) is 36.0 Å². The Hall–Kier alpha value is -0.860. The number of hydrazine groups is 1. The van der Waals surface area contributed by atoms with Crippen molar-refractivity contribution in [1.29, 1.82) is 0 Å². The van der Waals surface area contributed by atoms with Gasteiger partial charge in [-0.05, 0) is 38.2 Å². The SMILES string of the molecule is Cc1cc(C)cc(CC(CC2CC2)NN)c1. The highest BCUT2D eigenvalue weighted by Gasteiger charge is 2.25. The molecule has 16 heavy (non-hydrogen) atoms. The van der Waals surface area contributed by atoms with E-state index < -0.39 is 0 Å². The van der Waals surface area contributed by atoms with E-state index in [9.17, 15) is 0 Å². The van der Waals surface area contributed by atoms with Gasteiger partial charge < -0.3 is 0 Å². The average Bonchev–Trinajstić information content (AvgIpc) is 2.99. The second kappa shape index (κ2) is 4.98. The van der Waals surface area contributed by atoms with Crippen molar-refractivity contribution in [2.45, 2.75) is 45.6 Å².